The summed E-state index contributed by atoms with van der Waals surface area (Å²) in [7, 11) is 1.74. The van der Waals surface area contributed by atoms with E-state index in [0.717, 1.165) is 3.79 Å². The molecule has 0 aliphatic carbocycles. The second-order valence-electron chi connectivity index (χ2n) is 3.53. The van der Waals surface area contributed by atoms with Gasteiger partial charge in [0.1, 0.15) is 0 Å². The van der Waals surface area contributed by atoms with Gasteiger partial charge in [0.25, 0.3) is 5.91 Å². The van der Waals surface area contributed by atoms with E-state index in [-0.39, 0.29) is 5.91 Å². The van der Waals surface area contributed by atoms with Crippen LogP contribution < -0.4 is 11.1 Å². The van der Waals surface area contributed by atoms with Crippen molar-refractivity contribution in [1.82, 2.24) is 9.78 Å². The Morgan fingerprint density at radius 2 is 2.29 bits per heavy atom. The van der Waals surface area contributed by atoms with Crippen LogP contribution >= 0.6 is 27.3 Å². The number of aryl methyl sites for hydroxylation is 2. The summed E-state index contributed by atoms with van der Waals surface area (Å²) in [5.74, 6) is 0.340. The topological polar surface area (TPSA) is 72.9 Å². The molecule has 0 spiro atoms. The van der Waals surface area contributed by atoms with E-state index >= 15 is 0 Å². The third kappa shape index (κ3) is 2.34. The summed E-state index contributed by atoms with van der Waals surface area (Å²) < 4.78 is 2.47. The number of halogens is 1. The van der Waals surface area contributed by atoms with Crippen LogP contribution in [0.4, 0.5) is 11.5 Å². The highest BCUT2D eigenvalue weighted by Crippen LogP contribution is 2.25. The molecule has 0 unspecified atom stereocenters. The highest BCUT2D eigenvalue weighted by molar-refractivity contribution is 9.11. The number of nitrogen functional groups attached to an aromatic ring is 1. The van der Waals surface area contributed by atoms with Gasteiger partial charge in [0.15, 0.2) is 5.82 Å². The number of anilines is 2. The fourth-order valence-corrected chi connectivity index (χ4v) is 2.71. The molecule has 2 rings (SSSR count). The zero-order valence-corrected chi connectivity index (χ0v) is 11.7. The molecule has 0 bridgehead atoms. The molecular weight excluding hydrogens is 304 g/mol. The summed E-state index contributed by atoms with van der Waals surface area (Å²) in [6.07, 6.45) is 0. The van der Waals surface area contributed by atoms with Gasteiger partial charge in [-0.2, -0.15) is 5.10 Å². The van der Waals surface area contributed by atoms with E-state index in [2.05, 4.69) is 26.3 Å². The van der Waals surface area contributed by atoms with Crippen LogP contribution in [-0.2, 0) is 7.05 Å². The Morgan fingerprint density at radius 3 is 2.76 bits per heavy atom. The molecule has 5 nitrogen and oxygen atoms in total. The quantitative estimate of drug-likeness (QED) is 0.894. The van der Waals surface area contributed by atoms with Gasteiger partial charge >= 0.3 is 0 Å². The monoisotopic (exact) mass is 314 g/mol. The number of carbonyl (C=O) groups is 1. The van der Waals surface area contributed by atoms with Crippen LogP contribution in [0.1, 0.15) is 15.4 Å². The van der Waals surface area contributed by atoms with E-state index in [1.807, 2.05) is 6.07 Å². The van der Waals surface area contributed by atoms with Crippen molar-refractivity contribution < 1.29 is 4.79 Å². The minimum atomic E-state index is -0.185. The summed E-state index contributed by atoms with van der Waals surface area (Å²) in [6.45, 7) is 1.80. The van der Waals surface area contributed by atoms with Crippen LogP contribution in [0.15, 0.2) is 15.9 Å². The number of nitrogens with zero attached hydrogens (tertiary/aromatic N) is 2. The predicted octanol–water partition coefficient (Wildman–Crippen LogP) is 2.39. The summed E-state index contributed by atoms with van der Waals surface area (Å²) in [5.41, 5.74) is 7.03. The second kappa shape index (κ2) is 4.50. The summed E-state index contributed by atoms with van der Waals surface area (Å²) in [4.78, 5) is 12.5. The van der Waals surface area contributed by atoms with Crippen LogP contribution in [0.25, 0.3) is 0 Å². The number of aromatic nitrogens is 2. The SMILES string of the molecule is Cc1nn(C)c(NC(=O)c2ccc(Br)s2)c1N. The Hall–Kier alpha value is -1.34. The Kier molecular flexibility index (Phi) is 3.21. The average Bonchev–Trinajstić information content (AvgIpc) is 2.79. The highest BCUT2D eigenvalue weighted by Gasteiger charge is 2.15. The molecule has 0 radical (unpaired) electrons. The Balaban J connectivity index is 2.24. The second-order valence-corrected chi connectivity index (χ2v) is 5.99. The number of thiophene rings is 1. The Morgan fingerprint density at radius 1 is 1.59 bits per heavy atom. The largest absolute Gasteiger partial charge is 0.394 e. The lowest BCUT2D eigenvalue weighted by Gasteiger charge is -2.04. The first-order valence-electron chi connectivity index (χ1n) is 4.85. The molecule has 0 saturated heterocycles. The standard InChI is InChI=1S/C10H11BrN4OS/c1-5-8(12)9(15(2)14-5)13-10(16)6-3-4-7(11)17-6/h3-4H,12H2,1-2H3,(H,13,16). The molecule has 0 aliphatic heterocycles. The first kappa shape index (κ1) is 12.1. The van der Waals surface area contributed by atoms with Crippen molar-refractivity contribution in [3.05, 3.63) is 26.5 Å². The fraction of sp³-hybridized carbons (Fsp3) is 0.200. The van der Waals surface area contributed by atoms with Crippen molar-refractivity contribution in [3.8, 4) is 0 Å². The maximum absolute atomic E-state index is 11.9. The third-order valence-corrected chi connectivity index (χ3v) is 3.92. The minimum Gasteiger partial charge on any atom is -0.394 e. The number of hydrogen-bond acceptors (Lipinski definition) is 4. The zero-order chi connectivity index (χ0) is 12.6. The molecule has 2 aromatic rings. The lowest BCUT2D eigenvalue weighted by molar-refractivity contribution is 0.102. The molecule has 0 aromatic carbocycles. The number of carbonyl (C=O) groups excluding carboxylic acids is 1. The number of rotatable bonds is 2. The van der Waals surface area contributed by atoms with E-state index in [9.17, 15) is 4.79 Å². The van der Waals surface area contributed by atoms with Crippen molar-refractivity contribution in [2.45, 2.75) is 6.92 Å². The minimum absolute atomic E-state index is 0.185. The molecule has 3 N–H and O–H groups in total. The van der Waals surface area contributed by atoms with Crippen LogP contribution in [0, 0.1) is 6.92 Å². The van der Waals surface area contributed by atoms with Gasteiger partial charge in [-0.15, -0.1) is 11.3 Å². The van der Waals surface area contributed by atoms with E-state index in [0.29, 0.717) is 22.1 Å². The van der Waals surface area contributed by atoms with E-state index < -0.39 is 0 Å². The summed E-state index contributed by atoms with van der Waals surface area (Å²) in [6, 6.07) is 3.58. The highest BCUT2D eigenvalue weighted by atomic mass is 79.9. The van der Waals surface area contributed by atoms with Gasteiger partial charge in [-0.1, -0.05) is 0 Å². The van der Waals surface area contributed by atoms with Crippen molar-refractivity contribution in [2.24, 2.45) is 7.05 Å². The number of amides is 1. The molecule has 0 fully saturated rings. The summed E-state index contributed by atoms with van der Waals surface area (Å²) in [5, 5.41) is 6.89. The van der Waals surface area contributed by atoms with E-state index in [1.54, 1.807) is 24.7 Å². The van der Waals surface area contributed by atoms with Crippen molar-refractivity contribution in [2.75, 3.05) is 11.1 Å². The van der Waals surface area contributed by atoms with Crippen LogP contribution in [0.3, 0.4) is 0 Å². The van der Waals surface area contributed by atoms with Crippen molar-refractivity contribution in [1.29, 1.82) is 0 Å². The normalized spacial score (nSPS) is 10.5. The lowest BCUT2D eigenvalue weighted by Crippen LogP contribution is -2.14. The smallest absolute Gasteiger partial charge is 0.266 e. The van der Waals surface area contributed by atoms with Gasteiger partial charge in [0.2, 0.25) is 0 Å². The molecular formula is C10H11BrN4OS. The van der Waals surface area contributed by atoms with Crippen molar-refractivity contribution in [3.63, 3.8) is 0 Å². The number of hydrogen-bond donors (Lipinski definition) is 2. The molecule has 1 amide bonds. The molecule has 0 aliphatic rings. The third-order valence-electron chi connectivity index (χ3n) is 2.30. The first-order chi connectivity index (χ1) is 7.99. The van der Waals surface area contributed by atoms with E-state index in [4.69, 9.17) is 5.73 Å². The number of nitrogens with one attached hydrogen (secondary N) is 1. The van der Waals surface area contributed by atoms with Crippen molar-refractivity contribution >= 4 is 44.7 Å². The van der Waals surface area contributed by atoms with Gasteiger partial charge in [-0.3, -0.25) is 9.48 Å². The van der Waals surface area contributed by atoms with Crippen LogP contribution in [-0.4, -0.2) is 15.7 Å². The molecule has 2 aromatic heterocycles. The molecule has 7 heteroatoms. The lowest BCUT2D eigenvalue weighted by atomic mass is 10.3. The first-order valence-corrected chi connectivity index (χ1v) is 6.45. The summed E-state index contributed by atoms with van der Waals surface area (Å²) >= 11 is 4.68. The fourth-order valence-electron chi connectivity index (χ4n) is 1.43. The molecule has 0 atom stereocenters. The van der Waals surface area contributed by atoms with Gasteiger partial charge in [-0.05, 0) is 35.0 Å². The molecule has 17 heavy (non-hydrogen) atoms. The average molecular weight is 315 g/mol. The van der Waals surface area contributed by atoms with Gasteiger partial charge < -0.3 is 11.1 Å². The maximum Gasteiger partial charge on any atom is 0.266 e. The van der Waals surface area contributed by atoms with Gasteiger partial charge in [0, 0.05) is 7.05 Å². The Labute approximate surface area is 111 Å². The molecule has 2 heterocycles. The zero-order valence-electron chi connectivity index (χ0n) is 9.32. The number of nitrogens with two attached hydrogens (primary N) is 1. The molecule has 90 valence electrons. The van der Waals surface area contributed by atoms with E-state index in [1.165, 1.54) is 11.3 Å². The van der Waals surface area contributed by atoms with Gasteiger partial charge in [-0.25, -0.2) is 0 Å². The Bertz CT molecular complexity index is 575. The molecule has 0 saturated carbocycles. The predicted molar refractivity (Wildman–Crippen MR) is 72.3 cm³/mol. The maximum atomic E-state index is 11.9. The van der Waals surface area contributed by atoms with Gasteiger partial charge in [0.05, 0.1) is 20.0 Å². The van der Waals surface area contributed by atoms with Crippen LogP contribution in [0.5, 0.6) is 0 Å². The van der Waals surface area contributed by atoms with Crippen LogP contribution in [0.2, 0.25) is 0 Å².